The van der Waals surface area contributed by atoms with Gasteiger partial charge in [-0.25, -0.2) is 9.97 Å². The highest BCUT2D eigenvalue weighted by Gasteiger charge is 2.36. The van der Waals surface area contributed by atoms with E-state index in [9.17, 15) is 18.3 Å². The fourth-order valence-electron chi connectivity index (χ4n) is 1.83. The molecule has 3 N–H and O–H groups in total. The predicted molar refractivity (Wildman–Crippen MR) is 71.1 cm³/mol. The van der Waals surface area contributed by atoms with E-state index in [4.69, 9.17) is 5.41 Å². The van der Waals surface area contributed by atoms with E-state index >= 15 is 0 Å². The lowest BCUT2D eigenvalue weighted by Gasteiger charge is -2.36. The van der Waals surface area contributed by atoms with Gasteiger partial charge in [-0.1, -0.05) is 0 Å². The smallest absolute Gasteiger partial charge is 0.393 e. The number of nitrogens with one attached hydrogen (secondary N) is 2. The Balaban J connectivity index is 2.47. The molecule has 0 bridgehead atoms. The Morgan fingerprint density at radius 1 is 1.48 bits per heavy atom. The number of anilines is 1. The van der Waals surface area contributed by atoms with Crippen molar-refractivity contribution in [1.29, 1.82) is 5.41 Å². The molecule has 1 aliphatic rings. The molecule has 1 saturated heterocycles. The molecule has 114 valence electrons. The largest absolute Gasteiger partial charge is 0.433 e. The van der Waals surface area contributed by atoms with Gasteiger partial charge in [0.05, 0.1) is 11.8 Å². The van der Waals surface area contributed by atoms with Gasteiger partial charge in [0.1, 0.15) is 0 Å². The van der Waals surface area contributed by atoms with Crippen molar-refractivity contribution in [3.8, 4) is 0 Å². The highest BCUT2D eigenvalue weighted by molar-refractivity contribution is 6.07. The summed E-state index contributed by atoms with van der Waals surface area (Å²) in [5.74, 6) is -0.103. The van der Waals surface area contributed by atoms with Crippen LogP contribution in [0.3, 0.4) is 0 Å². The standard InChI is InChI=1S/C12H14F3N5O/c1-17-4-7(3-16)9-2-10(12(13,14)15)19-11(18-9)20-5-8(21)6-20/h2-4,8,16-17,21H,5-6H2,1H3/b7-4+,16-3?. The molecule has 2 rings (SSSR count). The normalized spacial score (nSPS) is 16.6. The molecule has 1 aromatic heterocycles. The van der Waals surface area contributed by atoms with Crippen molar-refractivity contribution in [2.45, 2.75) is 12.3 Å². The average molecular weight is 301 g/mol. The van der Waals surface area contributed by atoms with Crippen molar-refractivity contribution in [1.82, 2.24) is 15.3 Å². The number of allylic oxidation sites excluding steroid dienone is 1. The quantitative estimate of drug-likeness (QED) is 0.719. The van der Waals surface area contributed by atoms with Gasteiger partial charge in [0.2, 0.25) is 5.95 Å². The highest BCUT2D eigenvalue weighted by atomic mass is 19.4. The van der Waals surface area contributed by atoms with Crippen molar-refractivity contribution >= 4 is 17.7 Å². The molecule has 0 saturated carbocycles. The Kier molecular flexibility index (Phi) is 4.12. The zero-order valence-electron chi connectivity index (χ0n) is 11.1. The fourth-order valence-corrected chi connectivity index (χ4v) is 1.83. The maximum atomic E-state index is 12.9. The monoisotopic (exact) mass is 301 g/mol. The maximum Gasteiger partial charge on any atom is 0.433 e. The Morgan fingerprint density at radius 3 is 2.62 bits per heavy atom. The van der Waals surface area contributed by atoms with Crippen LogP contribution < -0.4 is 10.2 Å². The molecule has 0 unspecified atom stereocenters. The van der Waals surface area contributed by atoms with Gasteiger partial charge in [-0.05, 0) is 6.07 Å². The first kappa shape index (κ1) is 15.2. The van der Waals surface area contributed by atoms with Crippen LogP contribution in [0.2, 0.25) is 0 Å². The van der Waals surface area contributed by atoms with E-state index in [1.165, 1.54) is 11.1 Å². The first-order valence-corrected chi connectivity index (χ1v) is 6.12. The van der Waals surface area contributed by atoms with E-state index in [2.05, 4.69) is 15.3 Å². The lowest BCUT2D eigenvalue weighted by Crippen LogP contribution is -2.51. The molecular formula is C12H14F3N5O. The lowest BCUT2D eigenvalue weighted by molar-refractivity contribution is -0.141. The van der Waals surface area contributed by atoms with Crippen LogP contribution in [-0.2, 0) is 6.18 Å². The molecule has 2 heterocycles. The van der Waals surface area contributed by atoms with Gasteiger partial charge in [0.15, 0.2) is 5.69 Å². The summed E-state index contributed by atoms with van der Waals surface area (Å²) in [6.07, 6.45) is -2.90. The third-order valence-corrected chi connectivity index (χ3v) is 2.90. The van der Waals surface area contributed by atoms with Crippen LogP contribution in [0.25, 0.3) is 5.57 Å². The van der Waals surface area contributed by atoms with Crippen LogP contribution in [0.1, 0.15) is 11.4 Å². The van der Waals surface area contributed by atoms with Crippen LogP contribution >= 0.6 is 0 Å². The Hall–Kier alpha value is -2.16. The first-order chi connectivity index (χ1) is 9.85. The molecular weight excluding hydrogens is 287 g/mol. The van der Waals surface area contributed by atoms with Gasteiger partial charge in [-0.15, -0.1) is 0 Å². The summed E-state index contributed by atoms with van der Waals surface area (Å²) in [6, 6.07) is 0.800. The summed E-state index contributed by atoms with van der Waals surface area (Å²) in [6.45, 7) is 0.382. The minimum atomic E-state index is -4.61. The zero-order valence-corrected chi connectivity index (χ0v) is 11.1. The number of hydrogen-bond acceptors (Lipinski definition) is 6. The Bertz CT molecular complexity index is 567. The van der Waals surface area contributed by atoms with E-state index in [1.807, 2.05) is 0 Å². The third kappa shape index (κ3) is 3.30. The maximum absolute atomic E-state index is 12.9. The Morgan fingerprint density at radius 2 is 2.14 bits per heavy atom. The van der Waals surface area contributed by atoms with E-state index in [0.717, 1.165) is 12.3 Å². The Labute approximate surface area is 118 Å². The second-order valence-corrected chi connectivity index (χ2v) is 4.53. The predicted octanol–water partition coefficient (Wildman–Crippen LogP) is 0.886. The van der Waals surface area contributed by atoms with Crippen molar-refractivity contribution in [3.63, 3.8) is 0 Å². The fraction of sp³-hybridized carbons (Fsp3) is 0.417. The number of β-amino-alcohol motifs (C(OH)–C–C–N with tert-alkyl or cyclic N) is 1. The van der Waals surface area contributed by atoms with E-state index in [-0.39, 0.29) is 30.3 Å². The number of nitrogens with zero attached hydrogens (tertiary/aromatic N) is 3. The number of aliphatic hydroxyl groups is 1. The lowest BCUT2D eigenvalue weighted by atomic mass is 10.1. The summed E-state index contributed by atoms with van der Waals surface area (Å²) in [5, 5.41) is 19.2. The van der Waals surface area contributed by atoms with Gasteiger partial charge in [-0.2, -0.15) is 13.2 Å². The number of aliphatic hydroxyl groups excluding tert-OH is 1. The van der Waals surface area contributed by atoms with Gasteiger partial charge in [0.25, 0.3) is 0 Å². The average Bonchev–Trinajstić information content (AvgIpc) is 2.39. The van der Waals surface area contributed by atoms with E-state index in [0.29, 0.717) is 0 Å². The molecule has 0 aromatic carbocycles. The molecule has 21 heavy (non-hydrogen) atoms. The van der Waals surface area contributed by atoms with Crippen molar-refractivity contribution in [2.24, 2.45) is 0 Å². The van der Waals surface area contributed by atoms with Gasteiger partial charge in [-0.3, -0.25) is 0 Å². The second-order valence-electron chi connectivity index (χ2n) is 4.53. The number of alkyl halides is 3. The van der Waals surface area contributed by atoms with Gasteiger partial charge in [0, 0.05) is 38.1 Å². The molecule has 0 aliphatic carbocycles. The molecule has 1 aromatic rings. The molecule has 9 heteroatoms. The summed E-state index contributed by atoms with van der Waals surface area (Å²) in [4.78, 5) is 8.98. The van der Waals surface area contributed by atoms with Crippen molar-refractivity contribution < 1.29 is 18.3 Å². The summed E-state index contributed by atoms with van der Waals surface area (Å²) < 4.78 is 38.7. The molecule has 0 radical (unpaired) electrons. The van der Waals surface area contributed by atoms with E-state index < -0.39 is 18.0 Å². The molecule has 6 nitrogen and oxygen atoms in total. The summed E-state index contributed by atoms with van der Waals surface area (Å²) in [7, 11) is 1.57. The summed E-state index contributed by atoms with van der Waals surface area (Å²) >= 11 is 0. The van der Waals surface area contributed by atoms with Crippen molar-refractivity contribution in [2.75, 3.05) is 25.0 Å². The minimum Gasteiger partial charge on any atom is -0.393 e. The number of halogens is 3. The zero-order chi connectivity index (χ0) is 15.6. The van der Waals surface area contributed by atoms with Gasteiger partial charge < -0.3 is 20.7 Å². The highest BCUT2D eigenvalue weighted by Crippen LogP contribution is 2.31. The molecule has 1 fully saturated rings. The SMILES string of the molecule is CN/C=C(\C=N)c1cc(C(F)(F)F)nc(N2CC(O)C2)n1. The second kappa shape index (κ2) is 5.68. The summed E-state index contributed by atoms with van der Waals surface area (Å²) in [5.41, 5.74) is -0.876. The number of aromatic nitrogens is 2. The van der Waals surface area contributed by atoms with Crippen LogP contribution in [-0.4, -0.2) is 47.5 Å². The van der Waals surface area contributed by atoms with Crippen LogP contribution in [0, 0.1) is 5.41 Å². The third-order valence-electron chi connectivity index (χ3n) is 2.90. The molecule has 0 spiro atoms. The van der Waals surface area contributed by atoms with Crippen molar-refractivity contribution in [3.05, 3.63) is 23.7 Å². The molecule has 1 aliphatic heterocycles. The molecule has 0 atom stereocenters. The van der Waals surface area contributed by atoms with Crippen LogP contribution in [0.4, 0.5) is 19.1 Å². The molecule has 0 amide bonds. The first-order valence-electron chi connectivity index (χ1n) is 6.12. The number of rotatable bonds is 4. The number of hydrogen-bond donors (Lipinski definition) is 3. The topological polar surface area (TPSA) is 85.1 Å². The minimum absolute atomic E-state index is 0.00179. The van der Waals surface area contributed by atoms with Crippen LogP contribution in [0.15, 0.2) is 12.3 Å². The van der Waals surface area contributed by atoms with Crippen LogP contribution in [0.5, 0.6) is 0 Å². The van der Waals surface area contributed by atoms with E-state index in [1.54, 1.807) is 7.05 Å². The van der Waals surface area contributed by atoms with Gasteiger partial charge >= 0.3 is 6.18 Å².